The molecule has 108 valence electrons. The fraction of sp³-hybridized carbons (Fsp3) is 0.211. The Labute approximate surface area is 130 Å². The Morgan fingerprint density at radius 3 is 2.43 bits per heavy atom. The van der Waals surface area contributed by atoms with Crippen LogP contribution in [0.4, 0.5) is 0 Å². The number of rotatable bonds is 5. The Bertz CT molecular complexity index is 662. The van der Waals surface area contributed by atoms with Crippen molar-refractivity contribution in [1.29, 1.82) is 0 Å². The number of carbonyl (C=O) groups is 1. The van der Waals surface area contributed by atoms with Gasteiger partial charge < -0.3 is 0 Å². The van der Waals surface area contributed by atoms with Crippen LogP contribution in [0.15, 0.2) is 60.2 Å². The maximum Gasteiger partial charge on any atom is 0.189 e. The Hall–Kier alpha value is -1.93. The van der Waals surface area contributed by atoms with Crippen molar-refractivity contribution in [3.8, 4) is 0 Å². The third-order valence-corrected chi connectivity index (χ3v) is 4.28. The van der Waals surface area contributed by atoms with Gasteiger partial charge in [0.05, 0.1) is 0 Å². The quantitative estimate of drug-likeness (QED) is 0.402. The van der Waals surface area contributed by atoms with Crippen molar-refractivity contribution in [2.45, 2.75) is 20.8 Å². The molecule has 1 unspecified atom stereocenters. The van der Waals surface area contributed by atoms with Gasteiger partial charge in [0.2, 0.25) is 0 Å². The summed E-state index contributed by atoms with van der Waals surface area (Å²) in [6.07, 6.45) is 6.08. The molecule has 0 amide bonds. The van der Waals surface area contributed by atoms with E-state index in [-0.39, 0.29) is 11.7 Å². The van der Waals surface area contributed by atoms with Gasteiger partial charge in [-0.1, -0.05) is 49.4 Å². The molecular weight excluding hydrogens is 276 g/mol. The molecule has 1 nitrogen and oxygen atoms in total. The standard InChI is InChI=1S/C19H20OS/c1-4-8-14(2)18(13-17-12-11-15(3)21-17)19(20)16-9-6-5-7-10-16/h4-14H,1-3H3. The highest BCUT2D eigenvalue weighted by molar-refractivity contribution is 7.12. The first-order valence-corrected chi connectivity index (χ1v) is 7.94. The summed E-state index contributed by atoms with van der Waals surface area (Å²) in [7, 11) is 0. The molecule has 0 radical (unpaired) electrons. The Morgan fingerprint density at radius 2 is 1.86 bits per heavy atom. The zero-order valence-corrected chi connectivity index (χ0v) is 13.5. The van der Waals surface area contributed by atoms with Crippen LogP contribution in [0.25, 0.3) is 6.08 Å². The molecule has 1 heterocycles. The minimum Gasteiger partial charge on any atom is -0.289 e. The molecule has 21 heavy (non-hydrogen) atoms. The molecule has 1 aromatic heterocycles. The summed E-state index contributed by atoms with van der Waals surface area (Å²) in [5, 5.41) is 0. The summed E-state index contributed by atoms with van der Waals surface area (Å²) in [4.78, 5) is 15.2. The van der Waals surface area contributed by atoms with Crippen LogP contribution in [0.2, 0.25) is 0 Å². The predicted molar refractivity (Wildman–Crippen MR) is 91.8 cm³/mol. The zero-order valence-electron chi connectivity index (χ0n) is 12.7. The van der Waals surface area contributed by atoms with Gasteiger partial charge in [-0.25, -0.2) is 0 Å². The SMILES string of the molecule is CC=CC(C)C(=Cc1ccc(C)s1)C(=O)c1ccccc1. The van der Waals surface area contributed by atoms with Gasteiger partial charge >= 0.3 is 0 Å². The number of ketones is 1. The summed E-state index contributed by atoms with van der Waals surface area (Å²) in [5.41, 5.74) is 1.58. The molecule has 0 spiro atoms. The minimum atomic E-state index is 0.102. The molecule has 2 rings (SSSR count). The van der Waals surface area contributed by atoms with Gasteiger partial charge in [0.1, 0.15) is 0 Å². The van der Waals surface area contributed by atoms with Crippen molar-refractivity contribution in [3.05, 3.63) is 75.5 Å². The lowest BCUT2D eigenvalue weighted by Crippen LogP contribution is -2.09. The summed E-state index contributed by atoms with van der Waals surface area (Å²) in [6.45, 7) is 6.12. The van der Waals surface area contributed by atoms with E-state index in [0.717, 1.165) is 16.0 Å². The number of aryl methyl sites for hydroxylation is 1. The van der Waals surface area contributed by atoms with Crippen LogP contribution in [0.1, 0.15) is 34.0 Å². The Kier molecular flexibility index (Phi) is 5.29. The molecular formula is C19H20OS. The second-order valence-corrected chi connectivity index (χ2v) is 6.38. The van der Waals surface area contributed by atoms with E-state index in [1.807, 2.05) is 49.4 Å². The second kappa shape index (κ2) is 7.19. The predicted octanol–water partition coefficient (Wildman–Crippen LogP) is 5.54. The van der Waals surface area contributed by atoms with Gasteiger partial charge in [-0.3, -0.25) is 4.79 Å². The largest absolute Gasteiger partial charge is 0.289 e. The average molecular weight is 296 g/mol. The summed E-state index contributed by atoms with van der Waals surface area (Å²) in [5.74, 6) is 0.206. The van der Waals surface area contributed by atoms with Gasteiger partial charge in [0, 0.05) is 26.8 Å². The topological polar surface area (TPSA) is 17.1 Å². The molecule has 0 fully saturated rings. The first-order chi connectivity index (χ1) is 10.1. The van der Waals surface area contributed by atoms with E-state index in [2.05, 4.69) is 32.1 Å². The van der Waals surface area contributed by atoms with Crippen molar-refractivity contribution in [1.82, 2.24) is 0 Å². The van der Waals surface area contributed by atoms with E-state index in [4.69, 9.17) is 0 Å². The van der Waals surface area contributed by atoms with E-state index in [9.17, 15) is 4.79 Å². The van der Waals surface area contributed by atoms with Gasteiger partial charge in [-0.2, -0.15) is 0 Å². The summed E-state index contributed by atoms with van der Waals surface area (Å²) >= 11 is 1.71. The number of allylic oxidation sites excluding steroid dienone is 3. The highest BCUT2D eigenvalue weighted by Crippen LogP contribution is 2.25. The first-order valence-electron chi connectivity index (χ1n) is 7.12. The number of carbonyl (C=O) groups excluding carboxylic acids is 1. The molecule has 0 bridgehead atoms. The van der Waals surface area contributed by atoms with E-state index in [1.165, 1.54) is 4.88 Å². The molecule has 0 aliphatic carbocycles. The molecule has 2 aromatic rings. The number of Topliss-reactive ketones (excluding diaryl/α,β-unsaturated/α-hetero) is 1. The van der Waals surface area contributed by atoms with Gasteiger partial charge in [0.25, 0.3) is 0 Å². The molecule has 0 saturated heterocycles. The maximum absolute atomic E-state index is 12.8. The van der Waals surface area contributed by atoms with Crippen LogP contribution >= 0.6 is 11.3 Å². The van der Waals surface area contributed by atoms with E-state index >= 15 is 0 Å². The lowest BCUT2D eigenvalue weighted by Gasteiger charge is -2.11. The molecule has 1 aromatic carbocycles. The normalized spacial score (nSPS) is 13.6. The van der Waals surface area contributed by atoms with Crippen LogP contribution in [0.3, 0.4) is 0 Å². The van der Waals surface area contributed by atoms with Crippen molar-refractivity contribution in [3.63, 3.8) is 0 Å². The van der Waals surface area contributed by atoms with Gasteiger partial charge in [-0.05, 0) is 32.1 Å². The number of thiophene rings is 1. The Balaban J connectivity index is 2.41. The molecule has 1 atom stereocenters. The van der Waals surface area contributed by atoms with Crippen LogP contribution in [-0.4, -0.2) is 5.78 Å². The average Bonchev–Trinajstić information content (AvgIpc) is 2.90. The molecule has 2 heteroatoms. The van der Waals surface area contributed by atoms with Crippen molar-refractivity contribution < 1.29 is 4.79 Å². The summed E-state index contributed by atoms with van der Waals surface area (Å²) < 4.78 is 0. The van der Waals surface area contributed by atoms with E-state index in [0.29, 0.717) is 0 Å². The number of hydrogen-bond acceptors (Lipinski definition) is 2. The minimum absolute atomic E-state index is 0.102. The fourth-order valence-electron chi connectivity index (χ4n) is 2.24. The third-order valence-electron chi connectivity index (χ3n) is 3.33. The van der Waals surface area contributed by atoms with Gasteiger partial charge in [-0.15, -0.1) is 11.3 Å². The van der Waals surface area contributed by atoms with Crippen molar-refractivity contribution in [2.24, 2.45) is 5.92 Å². The molecule has 0 saturated carbocycles. The molecule has 0 N–H and O–H groups in total. The maximum atomic E-state index is 12.8. The third kappa shape index (κ3) is 4.02. The lowest BCUT2D eigenvalue weighted by atomic mass is 9.92. The zero-order chi connectivity index (χ0) is 15.2. The van der Waals surface area contributed by atoms with E-state index in [1.54, 1.807) is 11.3 Å². The smallest absolute Gasteiger partial charge is 0.189 e. The number of benzene rings is 1. The summed E-state index contributed by atoms with van der Waals surface area (Å²) in [6, 6.07) is 13.6. The monoisotopic (exact) mass is 296 g/mol. The van der Waals surface area contributed by atoms with Crippen LogP contribution < -0.4 is 0 Å². The van der Waals surface area contributed by atoms with Crippen LogP contribution in [-0.2, 0) is 0 Å². The molecule has 0 aliphatic heterocycles. The fourth-order valence-corrected chi connectivity index (χ4v) is 3.07. The number of hydrogen-bond donors (Lipinski definition) is 0. The van der Waals surface area contributed by atoms with Gasteiger partial charge in [0.15, 0.2) is 5.78 Å². The second-order valence-electron chi connectivity index (χ2n) is 5.06. The van der Waals surface area contributed by atoms with Crippen LogP contribution in [0, 0.1) is 12.8 Å². The van der Waals surface area contributed by atoms with Crippen molar-refractivity contribution in [2.75, 3.05) is 0 Å². The molecule has 0 aliphatic rings. The van der Waals surface area contributed by atoms with Crippen molar-refractivity contribution >= 4 is 23.2 Å². The highest BCUT2D eigenvalue weighted by Gasteiger charge is 2.17. The lowest BCUT2D eigenvalue weighted by molar-refractivity contribution is 0.102. The first kappa shape index (κ1) is 15.5. The highest BCUT2D eigenvalue weighted by atomic mass is 32.1. The van der Waals surface area contributed by atoms with Crippen LogP contribution in [0.5, 0.6) is 0 Å². The Morgan fingerprint density at radius 1 is 1.14 bits per heavy atom. The van der Waals surface area contributed by atoms with E-state index < -0.39 is 0 Å².